The highest BCUT2D eigenvalue weighted by Crippen LogP contribution is 2.34. The lowest BCUT2D eigenvalue weighted by Crippen LogP contribution is -2.49. The zero-order chi connectivity index (χ0) is 36.4. The number of amides is 3. The minimum Gasteiger partial charge on any atom is -0.351 e. The van der Waals surface area contributed by atoms with Crippen LogP contribution in [0.3, 0.4) is 0 Å². The average Bonchev–Trinajstić information content (AvgIpc) is 3.47. The van der Waals surface area contributed by atoms with E-state index in [1.807, 2.05) is 29.9 Å². The molecule has 4 aromatic rings. The number of aromatic nitrogens is 4. The molecular formula is C38H47N9O4S. The van der Waals surface area contributed by atoms with Gasteiger partial charge in [0.2, 0.25) is 21.9 Å². The van der Waals surface area contributed by atoms with Crippen LogP contribution in [-0.4, -0.2) is 94.6 Å². The summed E-state index contributed by atoms with van der Waals surface area (Å²) in [6.07, 6.45) is 9.66. The van der Waals surface area contributed by atoms with Crippen molar-refractivity contribution >= 4 is 50.7 Å². The Bertz CT molecular complexity index is 2050. The van der Waals surface area contributed by atoms with Gasteiger partial charge in [0, 0.05) is 69.0 Å². The number of carbonyl (C=O) groups excluding carboxylic acids is 2. The number of urea groups is 1. The van der Waals surface area contributed by atoms with Crippen molar-refractivity contribution in [3.63, 3.8) is 0 Å². The van der Waals surface area contributed by atoms with Crippen molar-refractivity contribution in [1.29, 1.82) is 0 Å². The Morgan fingerprint density at radius 2 is 1.75 bits per heavy atom. The van der Waals surface area contributed by atoms with Crippen molar-refractivity contribution in [3.05, 3.63) is 78.1 Å². The fraction of sp³-hybridized carbons (Fsp3) is 0.447. The molecule has 0 radical (unpaired) electrons. The Kier molecular flexibility index (Phi) is 10.4. The molecule has 0 bridgehead atoms. The number of likely N-dealkylation sites (tertiary alicyclic amines) is 1. The molecular weight excluding hydrogens is 679 g/mol. The van der Waals surface area contributed by atoms with Crippen molar-refractivity contribution in [1.82, 2.24) is 34.3 Å². The Morgan fingerprint density at radius 3 is 2.46 bits per heavy atom. The zero-order valence-corrected chi connectivity index (χ0v) is 30.7. The summed E-state index contributed by atoms with van der Waals surface area (Å²) in [5.41, 5.74) is 4.14. The Balaban J connectivity index is 0.901. The van der Waals surface area contributed by atoms with E-state index in [0.717, 1.165) is 60.9 Å². The number of hydrogen-bond donors (Lipinski definition) is 2. The Morgan fingerprint density at radius 1 is 1.00 bits per heavy atom. The predicted molar refractivity (Wildman–Crippen MR) is 201 cm³/mol. The summed E-state index contributed by atoms with van der Waals surface area (Å²) in [4.78, 5) is 37.2. The first-order valence-corrected chi connectivity index (χ1v) is 19.6. The van der Waals surface area contributed by atoms with Crippen LogP contribution in [0.4, 0.5) is 16.6 Å². The summed E-state index contributed by atoms with van der Waals surface area (Å²) in [7, 11) is -1.71. The number of imide groups is 1. The number of aryl methyl sites for hydroxylation is 1. The van der Waals surface area contributed by atoms with Gasteiger partial charge < -0.3 is 10.2 Å². The molecule has 14 heteroatoms. The molecule has 0 saturated carbocycles. The fourth-order valence-corrected chi connectivity index (χ4v) is 9.29. The van der Waals surface area contributed by atoms with Gasteiger partial charge in [-0.05, 0) is 92.4 Å². The van der Waals surface area contributed by atoms with E-state index in [9.17, 15) is 18.0 Å². The smallest absolute Gasteiger partial charge is 0.329 e. The average molecular weight is 726 g/mol. The monoisotopic (exact) mass is 725 g/mol. The molecule has 0 spiro atoms. The first kappa shape index (κ1) is 35.7. The van der Waals surface area contributed by atoms with Crippen molar-refractivity contribution in [3.8, 4) is 0 Å². The normalized spacial score (nSPS) is 19.2. The molecule has 0 aliphatic carbocycles. The number of carbonyl (C=O) groups is 2. The van der Waals surface area contributed by atoms with E-state index in [4.69, 9.17) is 0 Å². The number of nitrogens with one attached hydrogen (secondary N) is 2. The topological polar surface area (TPSA) is 146 Å². The third kappa shape index (κ3) is 7.74. The van der Waals surface area contributed by atoms with Crippen LogP contribution in [0.25, 0.3) is 17.0 Å². The minimum absolute atomic E-state index is 0.112. The molecule has 2 N–H and O–H groups in total. The molecule has 2 aromatic heterocycles. The van der Waals surface area contributed by atoms with E-state index in [1.54, 1.807) is 33.7 Å². The van der Waals surface area contributed by atoms with Crippen molar-refractivity contribution in [2.24, 2.45) is 13.0 Å². The number of piperidine rings is 2. The first-order valence-electron chi connectivity index (χ1n) is 18.2. The molecule has 3 aliphatic rings. The standard InChI is InChI=1S/C38H47N9O4S/c1-4-27-23-39-37(40-24-27)41-31-12-17-46(18-13-31)52(50,51)32-7-5-6-28(21-32)20-26(2)25-45-15-10-29(11-16-45)30-8-9-33-34(22-30)44(3)43-36(33)47-19-14-35(48)42-38(47)49/h4-9,21-24,26,29,31H,1,10-20,25H2,2-3H3,(H,39,40,41)(H,42,48,49). The van der Waals surface area contributed by atoms with Crippen LogP contribution in [0.2, 0.25) is 0 Å². The molecule has 3 saturated heterocycles. The predicted octanol–water partition coefficient (Wildman–Crippen LogP) is 4.78. The Labute approximate surface area is 305 Å². The third-order valence-corrected chi connectivity index (χ3v) is 12.5. The molecule has 274 valence electrons. The lowest BCUT2D eigenvalue weighted by molar-refractivity contribution is -0.120. The summed E-state index contributed by atoms with van der Waals surface area (Å²) < 4.78 is 30.7. The van der Waals surface area contributed by atoms with Crippen LogP contribution in [0.1, 0.15) is 61.6 Å². The zero-order valence-electron chi connectivity index (χ0n) is 29.9. The van der Waals surface area contributed by atoms with Crippen molar-refractivity contribution in [2.45, 2.75) is 62.3 Å². The second-order valence-corrected chi connectivity index (χ2v) is 16.3. The quantitative estimate of drug-likeness (QED) is 0.223. The molecule has 2 aromatic carbocycles. The van der Waals surface area contributed by atoms with E-state index in [2.05, 4.69) is 62.3 Å². The van der Waals surface area contributed by atoms with Crippen LogP contribution >= 0.6 is 0 Å². The molecule has 13 nitrogen and oxygen atoms in total. The van der Waals surface area contributed by atoms with E-state index < -0.39 is 16.1 Å². The van der Waals surface area contributed by atoms with E-state index in [0.29, 0.717) is 61.0 Å². The first-order chi connectivity index (χ1) is 25.1. The second-order valence-electron chi connectivity index (χ2n) is 14.4. The number of anilines is 2. The van der Waals surface area contributed by atoms with Gasteiger partial charge in [-0.15, -0.1) is 0 Å². The summed E-state index contributed by atoms with van der Waals surface area (Å²) >= 11 is 0. The van der Waals surface area contributed by atoms with Crippen LogP contribution < -0.4 is 15.5 Å². The number of fused-ring (bicyclic) bond motifs is 1. The highest BCUT2D eigenvalue weighted by Gasteiger charge is 2.31. The van der Waals surface area contributed by atoms with Gasteiger partial charge in [0.25, 0.3) is 0 Å². The maximum atomic E-state index is 13.6. The number of sulfonamides is 1. The van der Waals surface area contributed by atoms with Gasteiger partial charge in [0.1, 0.15) is 0 Å². The Hall–Kier alpha value is -4.66. The van der Waals surface area contributed by atoms with Crippen LogP contribution in [0.15, 0.2) is 66.3 Å². The largest absolute Gasteiger partial charge is 0.351 e. The van der Waals surface area contributed by atoms with Gasteiger partial charge in [-0.2, -0.15) is 9.40 Å². The van der Waals surface area contributed by atoms with Gasteiger partial charge in [-0.25, -0.2) is 23.2 Å². The lowest BCUT2D eigenvalue weighted by Gasteiger charge is -2.34. The van der Waals surface area contributed by atoms with Crippen molar-refractivity contribution < 1.29 is 18.0 Å². The van der Waals surface area contributed by atoms with Crippen molar-refractivity contribution in [2.75, 3.05) is 49.5 Å². The molecule has 3 fully saturated rings. The highest BCUT2D eigenvalue weighted by molar-refractivity contribution is 7.89. The van der Waals surface area contributed by atoms with Gasteiger partial charge in [-0.1, -0.05) is 37.8 Å². The van der Waals surface area contributed by atoms with Crippen LogP contribution in [0, 0.1) is 5.92 Å². The third-order valence-electron chi connectivity index (χ3n) is 10.6. The summed E-state index contributed by atoms with van der Waals surface area (Å²) in [5.74, 6) is 1.67. The molecule has 3 amide bonds. The highest BCUT2D eigenvalue weighted by atomic mass is 32.2. The summed E-state index contributed by atoms with van der Waals surface area (Å²) in [6, 6.07) is 13.6. The molecule has 5 heterocycles. The fourth-order valence-electron chi connectivity index (χ4n) is 7.75. The molecule has 1 atom stereocenters. The summed E-state index contributed by atoms with van der Waals surface area (Å²) in [5, 5.41) is 11.3. The number of benzene rings is 2. The molecule has 3 aliphatic heterocycles. The van der Waals surface area contributed by atoms with Gasteiger partial charge in [0.05, 0.1) is 10.4 Å². The summed E-state index contributed by atoms with van der Waals surface area (Å²) in [6.45, 7) is 10.1. The number of rotatable bonds is 11. The number of hydrogen-bond acceptors (Lipinski definition) is 9. The second kappa shape index (κ2) is 15.1. The van der Waals surface area contributed by atoms with Gasteiger partial charge >= 0.3 is 6.03 Å². The maximum Gasteiger partial charge on any atom is 0.329 e. The van der Waals surface area contributed by atoms with Gasteiger partial charge in [-0.3, -0.25) is 19.7 Å². The lowest BCUT2D eigenvalue weighted by atomic mass is 9.88. The molecule has 1 unspecified atom stereocenters. The number of nitrogens with zero attached hydrogens (tertiary/aromatic N) is 7. The van der Waals surface area contributed by atoms with Crippen LogP contribution in [0.5, 0.6) is 0 Å². The van der Waals surface area contributed by atoms with Crippen LogP contribution in [-0.2, 0) is 28.3 Å². The SMILES string of the molecule is C=Cc1cnc(NC2CCN(S(=O)(=O)c3cccc(CC(C)CN4CCC(c5ccc6c(N7CCC(=O)NC7=O)nn(C)c6c5)CC4)c3)CC2)nc1. The van der Waals surface area contributed by atoms with Gasteiger partial charge in [0.15, 0.2) is 5.82 Å². The van der Waals surface area contributed by atoms with E-state index in [1.165, 1.54) is 5.56 Å². The van der Waals surface area contributed by atoms with E-state index in [-0.39, 0.29) is 18.4 Å². The molecule has 7 rings (SSSR count). The maximum absolute atomic E-state index is 13.6. The van der Waals surface area contributed by atoms with E-state index >= 15 is 0 Å². The minimum atomic E-state index is -3.60. The molecule has 52 heavy (non-hydrogen) atoms.